The fourth-order valence-corrected chi connectivity index (χ4v) is 5.76. The summed E-state index contributed by atoms with van der Waals surface area (Å²) in [5, 5.41) is 14.5. The summed E-state index contributed by atoms with van der Waals surface area (Å²) in [7, 11) is 1.68. The summed E-state index contributed by atoms with van der Waals surface area (Å²) in [6.07, 6.45) is 5.78. The van der Waals surface area contributed by atoms with Crippen LogP contribution in [0.1, 0.15) is 94.4 Å². The molecule has 0 aliphatic heterocycles. The minimum Gasteiger partial charge on any atom is -0.355 e. The third-order valence-corrected chi connectivity index (χ3v) is 6.98. The molecule has 0 bridgehead atoms. The average Bonchev–Trinajstić information content (AvgIpc) is 3.26. The van der Waals surface area contributed by atoms with Gasteiger partial charge >= 0.3 is 0 Å². The Morgan fingerprint density at radius 1 is 1.20 bits per heavy atom. The number of carbonyl (C=O) groups is 1. The van der Waals surface area contributed by atoms with Crippen LogP contribution in [0, 0.1) is 5.92 Å². The van der Waals surface area contributed by atoms with E-state index in [0.717, 1.165) is 43.9 Å². The Bertz CT molecular complexity index is 1110. The summed E-state index contributed by atoms with van der Waals surface area (Å²) in [5.41, 5.74) is 6.65. The number of nitrogens with one attached hydrogen (secondary N) is 3. The first-order chi connectivity index (χ1) is 16.7. The topological polar surface area (TPSA) is 82.7 Å². The maximum absolute atomic E-state index is 12.5. The molecule has 0 fully saturated rings. The largest absolute Gasteiger partial charge is 0.355 e. The molecule has 6 nitrogen and oxygen atoms in total. The van der Waals surface area contributed by atoms with Gasteiger partial charge in [0.2, 0.25) is 0 Å². The molecule has 0 spiro atoms. The van der Waals surface area contributed by atoms with Crippen LogP contribution in [0.15, 0.2) is 41.0 Å². The van der Waals surface area contributed by atoms with Crippen LogP contribution in [-0.2, 0) is 18.3 Å². The van der Waals surface area contributed by atoms with Crippen molar-refractivity contribution in [3.8, 4) is 0 Å². The average molecular weight is 478 g/mol. The maximum atomic E-state index is 12.5. The Morgan fingerprint density at radius 2 is 1.94 bits per heavy atom. The second-order valence-corrected chi connectivity index (χ2v) is 10.3. The van der Waals surface area contributed by atoms with E-state index in [1.54, 1.807) is 7.05 Å². The molecule has 2 unspecified atom stereocenters. The highest BCUT2D eigenvalue weighted by atomic mass is 16.1. The van der Waals surface area contributed by atoms with Gasteiger partial charge in [0.1, 0.15) is 5.82 Å². The van der Waals surface area contributed by atoms with E-state index in [9.17, 15) is 4.79 Å². The lowest BCUT2D eigenvalue weighted by atomic mass is 9.64. The van der Waals surface area contributed by atoms with Gasteiger partial charge in [0.05, 0.1) is 5.41 Å². The van der Waals surface area contributed by atoms with E-state index >= 15 is 0 Å². The van der Waals surface area contributed by atoms with Gasteiger partial charge in [0.25, 0.3) is 5.91 Å². The maximum Gasteiger partial charge on any atom is 0.251 e. The normalized spacial score (nSPS) is 18.8. The highest BCUT2D eigenvalue weighted by Gasteiger charge is 2.47. The molecule has 1 aliphatic rings. The number of hydrogen-bond acceptors (Lipinski definition) is 4. The number of nitrogens with zero attached hydrogens (tertiary/aromatic N) is 2. The quantitative estimate of drug-likeness (QED) is 0.460. The second kappa shape index (κ2) is 11.3. The Balaban J connectivity index is 2.45. The second-order valence-electron chi connectivity index (χ2n) is 10.3. The van der Waals surface area contributed by atoms with E-state index in [0.29, 0.717) is 11.5 Å². The number of fused-ring (bicyclic) bond motifs is 1. The number of aromatic amines is 1. The zero-order valence-corrected chi connectivity index (χ0v) is 22.8. The fourth-order valence-electron chi connectivity index (χ4n) is 5.76. The lowest BCUT2D eigenvalue weighted by Crippen LogP contribution is -2.42. The Kier molecular flexibility index (Phi) is 8.70. The molecule has 0 radical (unpaired) electrons. The fraction of sp³-hybridized carbons (Fsp3) is 0.552. The molecule has 1 aromatic heterocycles. The number of H-pyrrole nitrogens is 1. The summed E-state index contributed by atoms with van der Waals surface area (Å²) >= 11 is 0. The molecular formula is C29H43N5O. The van der Waals surface area contributed by atoms with Gasteiger partial charge in [-0.3, -0.25) is 9.89 Å². The number of hydrogen-bond donors (Lipinski definition) is 3. The molecule has 1 amide bonds. The van der Waals surface area contributed by atoms with Gasteiger partial charge in [-0.15, -0.1) is 0 Å². The molecule has 2 aromatic rings. The monoisotopic (exact) mass is 477 g/mol. The van der Waals surface area contributed by atoms with Gasteiger partial charge in [-0.05, 0) is 86.9 Å². The van der Waals surface area contributed by atoms with Crippen molar-refractivity contribution in [2.75, 3.05) is 13.6 Å². The summed E-state index contributed by atoms with van der Waals surface area (Å²) in [4.78, 5) is 17.6. The Hall–Kier alpha value is -2.73. The number of aryl methyl sites for hydroxylation is 2. The number of carbonyl (C=O) groups excluding carboxylic acids is 1. The highest BCUT2D eigenvalue weighted by Crippen LogP contribution is 2.50. The molecule has 35 heavy (non-hydrogen) atoms. The molecule has 3 N–H and O–H groups in total. The molecule has 0 saturated heterocycles. The lowest BCUT2D eigenvalue weighted by Gasteiger charge is -2.40. The van der Waals surface area contributed by atoms with Gasteiger partial charge < -0.3 is 10.6 Å². The van der Waals surface area contributed by atoms with Crippen molar-refractivity contribution in [3.63, 3.8) is 0 Å². The van der Waals surface area contributed by atoms with E-state index in [2.05, 4.69) is 82.4 Å². The molecule has 6 heteroatoms. The standard InChI is InChI=1S/C29H43N5O/c1-9-25-32-28(34-33-25)29(17-20(7)31-10-2)24-14-13-23(27(35)30-8)16-21(24)11-12-22(15-18(3)4)26(29)19(5)6/h13-16,19-20,31H,9-12,17H2,1-8H3,(H,30,35)(H,32,33,34). The smallest absolute Gasteiger partial charge is 0.251 e. The van der Waals surface area contributed by atoms with E-state index in [1.807, 2.05) is 6.07 Å². The van der Waals surface area contributed by atoms with Crippen LogP contribution in [0.4, 0.5) is 0 Å². The molecule has 1 aliphatic carbocycles. The molecule has 2 atom stereocenters. The number of amides is 1. The minimum atomic E-state index is -0.506. The first kappa shape index (κ1) is 26.9. The van der Waals surface area contributed by atoms with Gasteiger partial charge in [0.15, 0.2) is 5.82 Å². The third-order valence-electron chi connectivity index (χ3n) is 6.98. The molecular weight excluding hydrogens is 434 g/mol. The van der Waals surface area contributed by atoms with Gasteiger partial charge in [0, 0.05) is 25.1 Å². The van der Waals surface area contributed by atoms with Crippen molar-refractivity contribution < 1.29 is 4.79 Å². The molecule has 1 aromatic carbocycles. The van der Waals surface area contributed by atoms with E-state index in [1.165, 1.54) is 27.8 Å². The van der Waals surface area contributed by atoms with Crippen molar-refractivity contribution in [2.24, 2.45) is 5.92 Å². The first-order valence-corrected chi connectivity index (χ1v) is 13.1. The summed E-state index contributed by atoms with van der Waals surface area (Å²) in [5.74, 6) is 1.97. The zero-order chi connectivity index (χ0) is 25.8. The lowest BCUT2D eigenvalue weighted by molar-refractivity contribution is 0.0963. The van der Waals surface area contributed by atoms with E-state index in [4.69, 9.17) is 10.1 Å². The van der Waals surface area contributed by atoms with Crippen LogP contribution in [-0.4, -0.2) is 40.7 Å². The number of benzene rings is 1. The number of rotatable bonds is 9. The van der Waals surface area contributed by atoms with Crippen molar-refractivity contribution in [1.29, 1.82) is 0 Å². The molecule has 3 rings (SSSR count). The van der Waals surface area contributed by atoms with Crippen molar-refractivity contribution in [1.82, 2.24) is 25.8 Å². The predicted octanol–water partition coefficient (Wildman–Crippen LogP) is 5.27. The number of allylic oxidation sites excluding steroid dienone is 4. The van der Waals surface area contributed by atoms with Crippen LogP contribution >= 0.6 is 0 Å². The van der Waals surface area contributed by atoms with Crippen molar-refractivity contribution in [3.05, 3.63) is 69.3 Å². The summed E-state index contributed by atoms with van der Waals surface area (Å²) < 4.78 is 0. The van der Waals surface area contributed by atoms with Gasteiger partial charge in [-0.25, -0.2) is 4.98 Å². The van der Waals surface area contributed by atoms with Gasteiger partial charge in [-0.2, -0.15) is 5.10 Å². The minimum absolute atomic E-state index is 0.0589. The van der Waals surface area contributed by atoms with Crippen LogP contribution in [0.25, 0.3) is 0 Å². The number of aromatic nitrogens is 3. The van der Waals surface area contributed by atoms with Crippen molar-refractivity contribution in [2.45, 2.75) is 85.6 Å². The SMILES string of the molecule is CCNC(C)CC1(c2n[nH]c(CC)n2)C(C(C)C)=C(C=C(C)C)CCc2cc(C(=O)NC)ccc21. The van der Waals surface area contributed by atoms with Crippen LogP contribution < -0.4 is 10.6 Å². The van der Waals surface area contributed by atoms with E-state index < -0.39 is 5.41 Å². The third kappa shape index (κ3) is 5.43. The summed E-state index contributed by atoms with van der Waals surface area (Å²) in [6, 6.07) is 6.45. The highest BCUT2D eigenvalue weighted by molar-refractivity contribution is 5.94. The van der Waals surface area contributed by atoms with Crippen LogP contribution in [0.3, 0.4) is 0 Å². The van der Waals surface area contributed by atoms with Crippen molar-refractivity contribution >= 4 is 5.91 Å². The zero-order valence-electron chi connectivity index (χ0n) is 22.8. The van der Waals surface area contributed by atoms with Crippen LogP contribution in [0.5, 0.6) is 0 Å². The molecule has 190 valence electrons. The van der Waals surface area contributed by atoms with E-state index in [-0.39, 0.29) is 11.9 Å². The van der Waals surface area contributed by atoms with Gasteiger partial charge in [-0.1, -0.05) is 45.4 Å². The molecule has 0 saturated carbocycles. The Morgan fingerprint density at radius 3 is 2.51 bits per heavy atom. The molecule has 1 heterocycles. The Labute approximate surface area is 211 Å². The van der Waals surface area contributed by atoms with Crippen LogP contribution in [0.2, 0.25) is 0 Å². The first-order valence-electron chi connectivity index (χ1n) is 13.1. The summed E-state index contributed by atoms with van der Waals surface area (Å²) in [6.45, 7) is 16.3. The predicted molar refractivity (Wildman–Crippen MR) is 144 cm³/mol.